The number of rotatable bonds is 7. The van der Waals surface area contributed by atoms with Gasteiger partial charge in [0.1, 0.15) is 6.61 Å². The topological polar surface area (TPSA) is 102 Å². The molecule has 0 heterocycles. The average molecular weight is 428 g/mol. The lowest BCUT2D eigenvalue weighted by molar-refractivity contribution is 0.0696. The predicted octanol–water partition coefficient (Wildman–Crippen LogP) is 4.91. The number of fused-ring (bicyclic) bond motifs is 3. The summed E-state index contributed by atoms with van der Waals surface area (Å²) in [6.07, 6.45) is 3.68. The van der Waals surface area contributed by atoms with E-state index in [4.69, 9.17) is 15.6 Å². The Morgan fingerprint density at radius 1 is 1.00 bits per heavy atom. The van der Waals surface area contributed by atoms with Crippen molar-refractivity contribution in [2.45, 2.75) is 12.3 Å². The van der Waals surface area contributed by atoms with Gasteiger partial charge in [-0.15, -0.1) is 0 Å². The molecule has 0 aromatic heterocycles. The third-order valence-corrected chi connectivity index (χ3v) is 5.56. The number of amides is 1. The van der Waals surface area contributed by atoms with Crippen LogP contribution >= 0.6 is 0 Å². The van der Waals surface area contributed by atoms with Gasteiger partial charge in [0.2, 0.25) is 0 Å². The van der Waals surface area contributed by atoms with Crippen molar-refractivity contribution in [3.05, 3.63) is 95.1 Å². The summed E-state index contributed by atoms with van der Waals surface area (Å²) in [5.74, 6) is -0.978. The van der Waals surface area contributed by atoms with Gasteiger partial charge in [0, 0.05) is 18.2 Å². The summed E-state index contributed by atoms with van der Waals surface area (Å²) in [5, 5.41) is 11.8. The van der Waals surface area contributed by atoms with Crippen molar-refractivity contribution < 1.29 is 19.4 Å². The van der Waals surface area contributed by atoms with E-state index in [1.807, 2.05) is 30.3 Å². The molecule has 0 unspecified atom stereocenters. The third kappa shape index (κ3) is 4.49. The van der Waals surface area contributed by atoms with Crippen molar-refractivity contribution in [2.75, 3.05) is 18.9 Å². The molecule has 4 rings (SSSR count). The predicted molar refractivity (Wildman–Crippen MR) is 125 cm³/mol. The van der Waals surface area contributed by atoms with Crippen LogP contribution in [-0.2, 0) is 4.74 Å². The summed E-state index contributed by atoms with van der Waals surface area (Å²) >= 11 is 0. The normalized spacial score (nSPS) is 12.4. The summed E-state index contributed by atoms with van der Waals surface area (Å²) in [6.45, 7) is 0.667. The van der Waals surface area contributed by atoms with Gasteiger partial charge >= 0.3 is 12.1 Å². The lowest BCUT2D eigenvalue weighted by atomic mass is 9.98. The van der Waals surface area contributed by atoms with Crippen molar-refractivity contribution in [2.24, 2.45) is 0 Å². The zero-order valence-electron chi connectivity index (χ0n) is 17.5. The Balaban J connectivity index is 1.28. The molecule has 3 aromatic carbocycles. The highest BCUT2D eigenvalue weighted by Gasteiger charge is 2.28. The molecule has 1 aliphatic rings. The van der Waals surface area contributed by atoms with Gasteiger partial charge in [-0.05, 0) is 52.4 Å². The van der Waals surface area contributed by atoms with Gasteiger partial charge in [0.05, 0.1) is 5.56 Å². The minimum Gasteiger partial charge on any atom is -0.478 e. The van der Waals surface area contributed by atoms with Gasteiger partial charge < -0.3 is 20.9 Å². The number of alkyl carbamates (subject to hydrolysis) is 1. The van der Waals surface area contributed by atoms with Crippen LogP contribution in [0.5, 0.6) is 0 Å². The molecule has 3 aromatic rings. The van der Waals surface area contributed by atoms with E-state index in [1.165, 1.54) is 34.4 Å². The van der Waals surface area contributed by atoms with Crippen LogP contribution in [-0.4, -0.2) is 30.3 Å². The van der Waals surface area contributed by atoms with Crippen molar-refractivity contribution in [3.8, 4) is 11.1 Å². The van der Waals surface area contributed by atoms with Gasteiger partial charge in [-0.25, -0.2) is 9.59 Å². The highest BCUT2D eigenvalue weighted by Crippen LogP contribution is 2.44. The largest absolute Gasteiger partial charge is 0.478 e. The first kappa shape index (κ1) is 21.2. The van der Waals surface area contributed by atoms with E-state index < -0.39 is 12.1 Å². The van der Waals surface area contributed by atoms with Crippen LogP contribution < -0.4 is 11.1 Å². The number of hydrogen-bond acceptors (Lipinski definition) is 4. The molecular weight excluding hydrogens is 404 g/mol. The summed E-state index contributed by atoms with van der Waals surface area (Å²) in [6, 6.07) is 21.0. The van der Waals surface area contributed by atoms with Crippen molar-refractivity contribution in [3.63, 3.8) is 0 Å². The monoisotopic (exact) mass is 428 g/mol. The van der Waals surface area contributed by atoms with E-state index in [2.05, 4.69) is 29.6 Å². The molecule has 1 aliphatic carbocycles. The number of ether oxygens (including phenoxy) is 1. The summed E-state index contributed by atoms with van der Waals surface area (Å²) in [7, 11) is 0. The average Bonchev–Trinajstić information content (AvgIpc) is 3.12. The van der Waals surface area contributed by atoms with Gasteiger partial charge in [-0.1, -0.05) is 60.7 Å². The number of aromatic carboxylic acids is 1. The Hall–Kier alpha value is -4.06. The number of nitrogen functional groups attached to an aromatic ring is 1. The highest BCUT2D eigenvalue weighted by atomic mass is 16.5. The number of anilines is 1. The van der Waals surface area contributed by atoms with Crippen molar-refractivity contribution >= 4 is 23.8 Å². The maximum absolute atomic E-state index is 12.2. The number of hydrogen-bond donors (Lipinski definition) is 3. The Labute approximate surface area is 186 Å². The number of carboxylic acid groups (broad SMARTS) is 1. The smallest absolute Gasteiger partial charge is 0.407 e. The first-order chi connectivity index (χ1) is 15.5. The van der Waals surface area contributed by atoms with E-state index in [0.29, 0.717) is 24.2 Å². The Morgan fingerprint density at radius 3 is 2.31 bits per heavy atom. The van der Waals surface area contributed by atoms with Crippen molar-refractivity contribution in [1.29, 1.82) is 0 Å². The highest BCUT2D eigenvalue weighted by molar-refractivity contribution is 5.89. The van der Waals surface area contributed by atoms with E-state index in [1.54, 1.807) is 12.1 Å². The van der Waals surface area contributed by atoms with Crippen LogP contribution in [0.15, 0.2) is 72.8 Å². The minimum absolute atomic E-state index is 0.0255. The molecule has 0 fully saturated rings. The lowest BCUT2D eigenvalue weighted by Crippen LogP contribution is -2.26. The minimum atomic E-state index is -1.00. The fraction of sp³-hybridized carbons (Fsp3) is 0.154. The first-order valence-electron chi connectivity index (χ1n) is 10.4. The maximum Gasteiger partial charge on any atom is 0.407 e. The number of carboxylic acids is 1. The molecule has 0 spiro atoms. The quantitative estimate of drug-likeness (QED) is 0.367. The third-order valence-electron chi connectivity index (χ3n) is 5.56. The Bertz CT molecular complexity index is 1140. The van der Waals surface area contributed by atoms with Gasteiger partial charge in [0.15, 0.2) is 0 Å². The second-order valence-electron chi connectivity index (χ2n) is 7.59. The van der Waals surface area contributed by atoms with Gasteiger partial charge in [-0.2, -0.15) is 0 Å². The van der Waals surface area contributed by atoms with Crippen molar-refractivity contribution in [1.82, 2.24) is 5.32 Å². The Kier molecular flexibility index (Phi) is 6.22. The molecule has 0 aliphatic heterocycles. The molecule has 0 saturated heterocycles. The van der Waals surface area contributed by atoms with Crippen LogP contribution in [0.2, 0.25) is 0 Å². The van der Waals surface area contributed by atoms with E-state index >= 15 is 0 Å². The van der Waals surface area contributed by atoms with Crippen LogP contribution in [0.4, 0.5) is 10.5 Å². The second-order valence-corrected chi connectivity index (χ2v) is 7.59. The van der Waals surface area contributed by atoms with Gasteiger partial charge in [0.25, 0.3) is 0 Å². The standard InChI is InChI=1S/C26H24N2O4/c27-24-13-12-18(25(29)30)15-17(24)7-5-6-14-28-26(31)32-16-23-21-10-3-1-8-19(21)20-9-2-4-11-22(20)23/h1-5,7-13,15,23H,6,14,16,27H2,(H,28,31)(H,29,30). The second kappa shape index (κ2) is 9.39. The molecule has 1 amide bonds. The van der Waals surface area contributed by atoms with E-state index in [0.717, 1.165) is 0 Å². The number of carbonyl (C=O) groups excluding carboxylic acids is 1. The van der Waals surface area contributed by atoms with Crippen LogP contribution in [0, 0.1) is 0 Å². The SMILES string of the molecule is Nc1ccc(C(=O)O)cc1C=CCCNC(=O)OCC1c2ccccc2-c2ccccc21. The molecular formula is C26H24N2O4. The molecule has 0 radical (unpaired) electrons. The number of benzene rings is 3. The molecule has 4 N–H and O–H groups in total. The van der Waals surface area contributed by atoms with Gasteiger partial charge in [-0.3, -0.25) is 0 Å². The first-order valence-corrected chi connectivity index (χ1v) is 10.4. The molecule has 0 bridgehead atoms. The van der Waals surface area contributed by atoms with E-state index in [-0.39, 0.29) is 18.1 Å². The molecule has 0 atom stereocenters. The number of nitrogens with one attached hydrogen (secondary N) is 1. The summed E-state index contributed by atoms with van der Waals surface area (Å²) < 4.78 is 5.51. The molecule has 0 saturated carbocycles. The zero-order chi connectivity index (χ0) is 22.5. The molecule has 32 heavy (non-hydrogen) atoms. The Morgan fingerprint density at radius 2 is 1.66 bits per heavy atom. The fourth-order valence-corrected chi connectivity index (χ4v) is 3.97. The van der Waals surface area contributed by atoms with Crippen LogP contribution in [0.25, 0.3) is 17.2 Å². The lowest BCUT2D eigenvalue weighted by Gasteiger charge is -2.14. The van der Waals surface area contributed by atoms with Crippen LogP contribution in [0.1, 0.15) is 39.4 Å². The molecule has 6 heteroatoms. The summed E-state index contributed by atoms with van der Waals surface area (Å²) in [4.78, 5) is 23.3. The number of nitrogens with two attached hydrogens (primary N) is 1. The fourth-order valence-electron chi connectivity index (χ4n) is 3.97. The number of carbonyl (C=O) groups is 2. The molecule has 162 valence electrons. The summed E-state index contributed by atoms with van der Waals surface area (Å²) in [5.41, 5.74) is 11.9. The van der Waals surface area contributed by atoms with E-state index in [9.17, 15) is 9.59 Å². The van der Waals surface area contributed by atoms with Crippen LogP contribution in [0.3, 0.4) is 0 Å². The zero-order valence-corrected chi connectivity index (χ0v) is 17.5. The molecule has 6 nitrogen and oxygen atoms in total. The maximum atomic E-state index is 12.2.